The first-order chi connectivity index (χ1) is 15.1. The first-order valence-electron chi connectivity index (χ1n) is 14.8. The van der Waals surface area contributed by atoms with Crippen LogP contribution >= 0.6 is 0 Å². The minimum atomic E-state index is -2.53. The van der Waals surface area contributed by atoms with Gasteiger partial charge in [0.2, 0.25) is 0 Å². The summed E-state index contributed by atoms with van der Waals surface area (Å²) in [6.07, 6.45) is 22.7. The Balaban J connectivity index is 5.72. The van der Waals surface area contributed by atoms with E-state index in [2.05, 4.69) is 41.5 Å². The second kappa shape index (κ2) is 22.0. The molecule has 0 saturated carbocycles. The Labute approximate surface area is 208 Å². The van der Waals surface area contributed by atoms with E-state index in [4.69, 9.17) is 1.41 Å². The van der Waals surface area contributed by atoms with Crippen molar-refractivity contribution < 1.29 is 1.41 Å². The van der Waals surface area contributed by atoms with Gasteiger partial charge in [-0.3, -0.25) is 0 Å². The summed E-state index contributed by atoms with van der Waals surface area (Å²) in [5, 5.41) is 0. The normalized spacial score (nSPS) is 12.6. The third-order valence-electron chi connectivity index (χ3n) is 7.35. The summed E-state index contributed by atoms with van der Waals surface area (Å²) >= 11 is -5.06. The summed E-state index contributed by atoms with van der Waals surface area (Å²) in [5.41, 5.74) is 0. The molecule has 0 aromatic rings. The van der Waals surface area contributed by atoms with Crippen molar-refractivity contribution in [2.75, 3.05) is 0 Å². The van der Waals surface area contributed by atoms with Crippen molar-refractivity contribution in [3.63, 3.8) is 0 Å². The van der Waals surface area contributed by atoms with Crippen molar-refractivity contribution in [2.24, 2.45) is 0 Å². The van der Waals surface area contributed by atoms with E-state index in [9.17, 15) is 0 Å². The number of rotatable bonds is 24. The van der Waals surface area contributed by atoms with Gasteiger partial charge in [-0.05, 0) is 0 Å². The van der Waals surface area contributed by atoms with E-state index in [1.807, 2.05) is 0 Å². The van der Waals surface area contributed by atoms with Gasteiger partial charge in [0, 0.05) is 0 Å². The van der Waals surface area contributed by atoms with E-state index in [0.717, 1.165) is 0 Å². The zero-order valence-electron chi connectivity index (χ0n) is 23.0. The Morgan fingerprint density at radius 3 is 0.839 bits per heavy atom. The van der Waals surface area contributed by atoms with Gasteiger partial charge in [-0.15, -0.1) is 0 Å². The van der Waals surface area contributed by atoms with Crippen LogP contribution in [-0.2, 0) is 1.41 Å². The molecule has 0 N–H and O–H groups in total. The van der Waals surface area contributed by atoms with Crippen LogP contribution in [-0.4, -0.2) is 37.6 Å². The van der Waals surface area contributed by atoms with Crippen molar-refractivity contribution in [3.05, 3.63) is 0 Å². The number of hydrogen-bond acceptors (Lipinski definition) is 1. The molecule has 0 aromatic carbocycles. The summed E-state index contributed by atoms with van der Waals surface area (Å²) < 4.78 is 17.3. The third kappa shape index (κ3) is 16.0. The van der Waals surface area contributed by atoms with Crippen LogP contribution in [0.3, 0.4) is 0 Å². The number of unbranched alkanes of at least 4 members (excludes halogenated alkanes) is 10. The first-order valence-corrected chi connectivity index (χ1v) is 29.2. The third-order valence-corrected chi connectivity index (χ3v) is 48.1. The molecule has 0 aromatic heterocycles. The molecular formula is C28H62OSn2. The van der Waals surface area contributed by atoms with Crippen molar-refractivity contribution in [1.82, 2.24) is 0 Å². The fraction of sp³-hybridized carbons (Fsp3) is 1.00. The zero-order valence-corrected chi connectivity index (χ0v) is 28.7. The molecule has 0 spiro atoms. The van der Waals surface area contributed by atoms with Gasteiger partial charge < -0.3 is 0 Å². The summed E-state index contributed by atoms with van der Waals surface area (Å²) in [5.74, 6) is 0. The summed E-state index contributed by atoms with van der Waals surface area (Å²) in [7, 11) is 0. The average molecular weight is 652 g/mol. The standard InChI is InChI=1S/2C6H13.4C4H9.O.2Sn/c2*1-3-5-6-4-2;4*1-3-4-2;;;/h2*1,3-6H2,2H3;4*1,3-4H2,2H3;;;. The van der Waals surface area contributed by atoms with Crippen LogP contribution in [0.15, 0.2) is 0 Å². The molecule has 0 fully saturated rings. The SMILES string of the molecule is CCCCC[CH2][Sn]([CH2]CCC)([CH2]CCC)[O][Sn]([CH2]CCC)([CH2]CCC)[CH2]CCCCC. The Kier molecular flexibility index (Phi) is 23.2. The van der Waals surface area contributed by atoms with E-state index >= 15 is 0 Å². The Bertz CT molecular complexity index is 322. The van der Waals surface area contributed by atoms with E-state index in [1.54, 1.807) is 26.6 Å². The molecule has 0 aliphatic carbocycles. The molecule has 1 nitrogen and oxygen atoms in total. The summed E-state index contributed by atoms with van der Waals surface area (Å²) in [6, 6.07) is 0. The van der Waals surface area contributed by atoms with Gasteiger partial charge in [-0.2, -0.15) is 0 Å². The van der Waals surface area contributed by atoms with E-state index in [0.29, 0.717) is 0 Å². The van der Waals surface area contributed by atoms with Crippen molar-refractivity contribution >= 4 is 37.6 Å². The Hall–Kier alpha value is 1.56. The van der Waals surface area contributed by atoms with Gasteiger partial charge in [0.05, 0.1) is 0 Å². The maximum atomic E-state index is 8.01. The van der Waals surface area contributed by atoms with Gasteiger partial charge in [0.15, 0.2) is 0 Å². The predicted molar refractivity (Wildman–Crippen MR) is 149 cm³/mol. The average Bonchev–Trinajstić information content (AvgIpc) is 2.79. The second-order valence-corrected chi connectivity index (χ2v) is 37.1. The first kappa shape index (κ1) is 32.6. The van der Waals surface area contributed by atoms with Crippen molar-refractivity contribution in [1.29, 1.82) is 0 Å². The predicted octanol–water partition coefficient (Wildman–Crippen LogP) is 11.3. The van der Waals surface area contributed by atoms with Crippen LogP contribution in [0, 0.1) is 0 Å². The van der Waals surface area contributed by atoms with Crippen LogP contribution < -0.4 is 0 Å². The van der Waals surface area contributed by atoms with Gasteiger partial charge in [0.1, 0.15) is 0 Å². The summed E-state index contributed by atoms with van der Waals surface area (Å²) in [4.78, 5) is 0. The second-order valence-electron chi connectivity index (χ2n) is 10.5. The van der Waals surface area contributed by atoms with Crippen LogP contribution in [0.4, 0.5) is 0 Å². The van der Waals surface area contributed by atoms with E-state index in [-0.39, 0.29) is 0 Å². The molecular weight excluding hydrogens is 590 g/mol. The molecule has 0 heterocycles. The molecule has 0 amide bonds. The Morgan fingerprint density at radius 2 is 0.581 bits per heavy atom. The zero-order chi connectivity index (χ0) is 23.3. The monoisotopic (exact) mass is 654 g/mol. The molecule has 31 heavy (non-hydrogen) atoms. The van der Waals surface area contributed by atoms with Gasteiger partial charge in [0.25, 0.3) is 0 Å². The van der Waals surface area contributed by atoms with E-state index in [1.165, 1.54) is 103 Å². The molecule has 0 saturated heterocycles. The molecule has 0 radical (unpaired) electrons. The maximum absolute atomic E-state index is 8.01. The van der Waals surface area contributed by atoms with E-state index < -0.39 is 37.6 Å². The molecule has 0 bridgehead atoms. The van der Waals surface area contributed by atoms with Crippen LogP contribution in [0.1, 0.15) is 144 Å². The fourth-order valence-corrected chi connectivity index (χ4v) is 59.7. The van der Waals surface area contributed by atoms with Gasteiger partial charge in [-0.25, -0.2) is 0 Å². The van der Waals surface area contributed by atoms with Crippen molar-refractivity contribution in [3.8, 4) is 0 Å². The number of hydrogen-bond donors (Lipinski definition) is 0. The van der Waals surface area contributed by atoms with Gasteiger partial charge >= 0.3 is 210 Å². The van der Waals surface area contributed by atoms with Gasteiger partial charge in [-0.1, -0.05) is 0 Å². The van der Waals surface area contributed by atoms with Crippen LogP contribution in [0.25, 0.3) is 0 Å². The topological polar surface area (TPSA) is 9.23 Å². The quantitative estimate of drug-likeness (QED) is 0.0745. The Morgan fingerprint density at radius 1 is 0.323 bits per heavy atom. The molecule has 0 aliphatic rings. The molecule has 3 heteroatoms. The molecule has 0 aliphatic heterocycles. The molecule has 0 unspecified atom stereocenters. The van der Waals surface area contributed by atoms with Crippen molar-refractivity contribution in [2.45, 2.75) is 171 Å². The van der Waals surface area contributed by atoms with Crippen LogP contribution in [0.2, 0.25) is 26.6 Å². The molecule has 188 valence electrons. The summed E-state index contributed by atoms with van der Waals surface area (Å²) in [6.45, 7) is 14.3. The molecule has 0 rings (SSSR count). The van der Waals surface area contributed by atoms with Crippen LogP contribution in [0.5, 0.6) is 0 Å². The molecule has 0 atom stereocenters. The fourth-order valence-electron chi connectivity index (χ4n) is 5.26. The minimum absolute atomic E-state index is 1.36.